The topological polar surface area (TPSA) is 132 Å². The SMILES string of the molecule is CCOC(=O)Cn1c(=NC(=O)c2ccc(S(=O)(=O)N(C)c3ccccc3)cc2)sc2cc(S(C)(=O)=O)ccc21. The maximum atomic E-state index is 13.1. The number of hydrogen-bond acceptors (Lipinski definition) is 8. The molecule has 0 aliphatic heterocycles. The Labute approximate surface area is 229 Å². The van der Waals surface area contributed by atoms with E-state index < -0.39 is 31.7 Å². The highest BCUT2D eigenvalue weighted by Crippen LogP contribution is 2.24. The van der Waals surface area contributed by atoms with E-state index in [0.29, 0.717) is 15.9 Å². The van der Waals surface area contributed by atoms with Gasteiger partial charge in [-0.05, 0) is 61.5 Å². The van der Waals surface area contributed by atoms with Crippen LogP contribution in [-0.2, 0) is 35.9 Å². The second-order valence-corrected chi connectivity index (χ2v) is 13.4. The molecule has 0 spiro atoms. The summed E-state index contributed by atoms with van der Waals surface area (Å²) in [5.41, 5.74) is 1.13. The van der Waals surface area contributed by atoms with Crippen LogP contribution in [0.3, 0.4) is 0 Å². The largest absolute Gasteiger partial charge is 0.465 e. The van der Waals surface area contributed by atoms with Gasteiger partial charge in [0.05, 0.1) is 32.3 Å². The van der Waals surface area contributed by atoms with E-state index in [2.05, 4.69) is 4.99 Å². The number of thiazole rings is 1. The zero-order chi connectivity index (χ0) is 28.4. The van der Waals surface area contributed by atoms with Crippen molar-refractivity contribution < 1.29 is 31.2 Å². The molecule has 1 amide bonds. The highest BCUT2D eigenvalue weighted by molar-refractivity contribution is 7.92. The third-order valence-corrected chi connectivity index (χ3v) is 9.70. The number of carbonyl (C=O) groups is 2. The van der Waals surface area contributed by atoms with Gasteiger partial charge in [0.1, 0.15) is 6.54 Å². The van der Waals surface area contributed by atoms with Crippen LogP contribution in [0.4, 0.5) is 5.69 Å². The molecule has 39 heavy (non-hydrogen) atoms. The summed E-state index contributed by atoms with van der Waals surface area (Å²) in [7, 11) is -5.90. The second-order valence-electron chi connectivity index (χ2n) is 8.43. The summed E-state index contributed by atoms with van der Waals surface area (Å²) in [6.45, 7) is 1.60. The lowest BCUT2D eigenvalue weighted by molar-refractivity contribution is -0.143. The lowest BCUT2D eigenvalue weighted by Gasteiger charge is -2.19. The Morgan fingerprint density at radius 1 is 0.949 bits per heavy atom. The molecule has 0 N–H and O–H groups in total. The summed E-state index contributed by atoms with van der Waals surface area (Å²) < 4.78 is 58.3. The van der Waals surface area contributed by atoms with Crippen molar-refractivity contribution in [2.45, 2.75) is 23.3 Å². The number of fused-ring (bicyclic) bond motifs is 1. The molecular formula is C26H25N3O7S3. The molecular weight excluding hydrogens is 563 g/mol. The number of amides is 1. The fourth-order valence-electron chi connectivity index (χ4n) is 3.71. The van der Waals surface area contributed by atoms with Crippen LogP contribution in [0.5, 0.6) is 0 Å². The van der Waals surface area contributed by atoms with Gasteiger partial charge in [-0.25, -0.2) is 16.8 Å². The molecule has 0 radical (unpaired) electrons. The van der Waals surface area contributed by atoms with E-state index in [0.717, 1.165) is 21.9 Å². The predicted molar refractivity (Wildman–Crippen MR) is 148 cm³/mol. The van der Waals surface area contributed by atoms with E-state index >= 15 is 0 Å². The Hall–Kier alpha value is -3.81. The monoisotopic (exact) mass is 587 g/mol. The first-order valence-corrected chi connectivity index (χ1v) is 15.8. The molecule has 0 bridgehead atoms. The van der Waals surface area contributed by atoms with Gasteiger partial charge in [0.15, 0.2) is 14.6 Å². The Bertz CT molecular complexity index is 1830. The normalized spacial score (nSPS) is 12.4. The van der Waals surface area contributed by atoms with Gasteiger partial charge in [0.2, 0.25) is 0 Å². The summed E-state index contributed by atoms with van der Waals surface area (Å²) in [6.07, 6.45) is 1.09. The van der Waals surface area contributed by atoms with Crippen molar-refractivity contribution in [3.05, 3.63) is 83.2 Å². The number of carbonyl (C=O) groups excluding carboxylic acids is 2. The van der Waals surface area contributed by atoms with Gasteiger partial charge < -0.3 is 9.30 Å². The van der Waals surface area contributed by atoms with Gasteiger partial charge in [0, 0.05) is 18.9 Å². The minimum atomic E-state index is -3.86. The van der Waals surface area contributed by atoms with Crippen molar-refractivity contribution in [1.29, 1.82) is 0 Å². The van der Waals surface area contributed by atoms with Crippen molar-refractivity contribution in [3.63, 3.8) is 0 Å². The van der Waals surface area contributed by atoms with E-state index in [1.165, 1.54) is 48.0 Å². The van der Waals surface area contributed by atoms with E-state index in [9.17, 15) is 26.4 Å². The van der Waals surface area contributed by atoms with Gasteiger partial charge in [-0.3, -0.25) is 13.9 Å². The molecule has 0 aliphatic carbocycles. The molecule has 0 fully saturated rings. The quantitative estimate of drug-likeness (QED) is 0.289. The summed E-state index contributed by atoms with van der Waals surface area (Å²) in [4.78, 5) is 29.7. The number of benzene rings is 3. The fraction of sp³-hybridized carbons (Fsp3) is 0.192. The Kier molecular flexibility index (Phi) is 8.04. The first-order valence-electron chi connectivity index (χ1n) is 11.6. The summed E-state index contributed by atoms with van der Waals surface area (Å²) in [6, 6.07) is 18.4. The van der Waals surface area contributed by atoms with Gasteiger partial charge in [-0.2, -0.15) is 4.99 Å². The molecule has 13 heteroatoms. The van der Waals surface area contributed by atoms with E-state index in [1.54, 1.807) is 43.3 Å². The van der Waals surface area contributed by atoms with Crippen molar-refractivity contribution in [1.82, 2.24) is 4.57 Å². The average molecular weight is 588 g/mol. The van der Waals surface area contributed by atoms with Crippen LogP contribution in [-0.4, -0.2) is 53.2 Å². The number of anilines is 1. The number of hydrogen-bond donors (Lipinski definition) is 0. The number of aromatic nitrogens is 1. The lowest BCUT2D eigenvalue weighted by atomic mass is 10.2. The average Bonchev–Trinajstić information content (AvgIpc) is 3.24. The Morgan fingerprint density at radius 2 is 1.59 bits per heavy atom. The van der Waals surface area contributed by atoms with Crippen LogP contribution in [0.15, 0.2) is 87.6 Å². The molecule has 0 atom stereocenters. The third-order valence-electron chi connectivity index (χ3n) is 5.75. The van der Waals surface area contributed by atoms with Crippen LogP contribution in [0.2, 0.25) is 0 Å². The van der Waals surface area contributed by atoms with Crippen molar-refractivity contribution in [2.24, 2.45) is 4.99 Å². The van der Waals surface area contributed by atoms with Gasteiger partial charge in [-0.1, -0.05) is 29.5 Å². The summed E-state index contributed by atoms with van der Waals surface area (Å²) in [5.74, 6) is -1.21. The number of rotatable bonds is 8. The second kappa shape index (κ2) is 11.1. The fourth-order valence-corrected chi connectivity index (χ4v) is 6.70. The molecule has 4 rings (SSSR count). The van der Waals surface area contributed by atoms with Crippen LogP contribution in [0, 0.1) is 0 Å². The smallest absolute Gasteiger partial charge is 0.326 e. The standard InChI is InChI=1S/C26H25N3O7S3/c1-4-36-24(30)17-29-22-15-14-21(38(3,32)33)16-23(22)37-26(29)27-25(31)18-10-12-20(13-11-18)39(34,35)28(2)19-8-6-5-7-9-19/h5-16H,4,17H2,1-3H3. The van der Waals surface area contributed by atoms with Crippen molar-refractivity contribution in [2.75, 3.05) is 24.2 Å². The lowest BCUT2D eigenvalue weighted by Crippen LogP contribution is -2.26. The first kappa shape index (κ1) is 28.2. The Morgan fingerprint density at radius 3 is 2.21 bits per heavy atom. The Balaban J connectivity index is 1.71. The number of sulfone groups is 1. The minimum absolute atomic E-state index is 0.00190. The maximum Gasteiger partial charge on any atom is 0.326 e. The molecule has 0 saturated heterocycles. The third kappa shape index (κ3) is 6.10. The number of nitrogens with zero attached hydrogens (tertiary/aromatic N) is 3. The van der Waals surface area contributed by atoms with E-state index in [1.807, 2.05) is 0 Å². The zero-order valence-electron chi connectivity index (χ0n) is 21.3. The van der Waals surface area contributed by atoms with Crippen LogP contribution < -0.4 is 9.11 Å². The van der Waals surface area contributed by atoms with E-state index in [4.69, 9.17) is 4.74 Å². The van der Waals surface area contributed by atoms with E-state index in [-0.39, 0.29) is 33.3 Å². The maximum absolute atomic E-state index is 13.1. The number of para-hydroxylation sites is 1. The van der Waals surface area contributed by atoms with Gasteiger partial charge in [-0.15, -0.1) is 0 Å². The molecule has 1 aromatic heterocycles. The van der Waals surface area contributed by atoms with Gasteiger partial charge >= 0.3 is 5.97 Å². The predicted octanol–water partition coefficient (Wildman–Crippen LogP) is 3.24. The van der Waals surface area contributed by atoms with Crippen molar-refractivity contribution >= 4 is 59.0 Å². The molecule has 1 heterocycles. The number of ether oxygens (including phenoxy) is 1. The molecule has 0 saturated carbocycles. The summed E-state index contributed by atoms with van der Waals surface area (Å²) in [5, 5.41) is 0. The van der Waals surface area contributed by atoms with Crippen LogP contribution in [0.1, 0.15) is 17.3 Å². The number of sulfonamides is 1. The number of esters is 1. The minimum Gasteiger partial charge on any atom is -0.465 e. The summed E-state index contributed by atoms with van der Waals surface area (Å²) >= 11 is 1.05. The molecule has 0 aliphatic rings. The van der Waals surface area contributed by atoms with Crippen molar-refractivity contribution in [3.8, 4) is 0 Å². The molecule has 0 unspecified atom stereocenters. The van der Waals surface area contributed by atoms with Gasteiger partial charge in [0.25, 0.3) is 15.9 Å². The molecule has 3 aromatic carbocycles. The molecule has 4 aromatic rings. The highest BCUT2D eigenvalue weighted by Gasteiger charge is 2.22. The first-order chi connectivity index (χ1) is 18.4. The highest BCUT2D eigenvalue weighted by atomic mass is 32.2. The molecule has 10 nitrogen and oxygen atoms in total. The zero-order valence-corrected chi connectivity index (χ0v) is 23.7. The molecule has 204 valence electrons. The van der Waals surface area contributed by atoms with Crippen LogP contribution >= 0.6 is 11.3 Å². The van der Waals surface area contributed by atoms with Crippen LogP contribution in [0.25, 0.3) is 10.2 Å².